The van der Waals surface area contributed by atoms with E-state index in [2.05, 4.69) is 57.3 Å². The molecule has 0 saturated heterocycles. The van der Waals surface area contributed by atoms with Gasteiger partial charge in [0.2, 0.25) is 0 Å². The summed E-state index contributed by atoms with van der Waals surface area (Å²) in [5.74, 6) is 4.78. The molecule has 1 aromatic rings. The molecule has 1 aromatic carbocycles. The van der Waals surface area contributed by atoms with E-state index in [1.54, 1.807) is 0 Å². The molecule has 5 unspecified atom stereocenters. The zero-order valence-corrected chi connectivity index (χ0v) is 23.8. The molecule has 4 aliphatic carbocycles. The Balaban J connectivity index is 1.21. The number of Topliss-reactive ketones (excluding diaryl/α,β-unsaturated/α-hetero) is 1. The fraction of sp³-hybridized carbons (Fsp3) is 0.788. The number of rotatable bonds is 9. The lowest BCUT2D eigenvalue weighted by Gasteiger charge is -2.60. The van der Waals surface area contributed by atoms with Crippen molar-refractivity contribution in [2.45, 2.75) is 117 Å². The molecular weight excluding hydrogens is 458 g/mol. The first-order valence-electron chi connectivity index (χ1n) is 15.4. The molecule has 4 heteroatoms. The van der Waals surface area contributed by atoms with Crippen molar-refractivity contribution in [1.82, 2.24) is 5.32 Å². The number of fused-ring (bicyclic) bond motifs is 5. The lowest BCUT2D eigenvalue weighted by molar-refractivity contribution is -0.145. The number of ether oxygens (including phenoxy) is 1. The van der Waals surface area contributed by atoms with Crippen molar-refractivity contribution in [3.63, 3.8) is 0 Å². The molecule has 0 aromatic heterocycles. The third kappa shape index (κ3) is 5.39. The van der Waals surface area contributed by atoms with Crippen LogP contribution in [0.2, 0.25) is 0 Å². The summed E-state index contributed by atoms with van der Waals surface area (Å²) in [6.07, 6.45) is 11.5. The van der Waals surface area contributed by atoms with Gasteiger partial charge >= 0.3 is 0 Å². The first-order chi connectivity index (χ1) is 17.7. The SMILES string of the molecule is CC(C)CC(C)NCc1cccc(OCC[C@]23CCC4C(CCC5CC(=O)CC[C@@]54C)C2CC[C@@H]3O)c1. The van der Waals surface area contributed by atoms with E-state index in [4.69, 9.17) is 4.74 Å². The second-order valence-corrected chi connectivity index (χ2v) is 13.9. The highest BCUT2D eigenvalue weighted by molar-refractivity contribution is 5.79. The predicted molar refractivity (Wildman–Crippen MR) is 149 cm³/mol. The average Bonchev–Trinajstić information content (AvgIpc) is 3.19. The second-order valence-electron chi connectivity index (χ2n) is 13.9. The van der Waals surface area contributed by atoms with Crippen LogP contribution in [0.4, 0.5) is 0 Å². The van der Waals surface area contributed by atoms with E-state index in [9.17, 15) is 9.90 Å². The molecule has 0 heterocycles. The molecule has 0 radical (unpaired) electrons. The van der Waals surface area contributed by atoms with Gasteiger partial charge < -0.3 is 15.2 Å². The molecule has 0 aliphatic heterocycles. The van der Waals surface area contributed by atoms with Crippen LogP contribution in [0.25, 0.3) is 0 Å². The van der Waals surface area contributed by atoms with E-state index in [1.165, 1.54) is 31.2 Å². The van der Waals surface area contributed by atoms with E-state index < -0.39 is 0 Å². The van der Waals surface area contributed by atoms with Gasteiger partial charge in [-0.25, -0.2) is 0 Å². The number of aliphatic hydroxyl groups is 1. The predicted octanol–water partition coefficient (Wildman–Crippen LogP) is 6.93. The second kappa shape index (κ2) is 11.0. The normalized spacial score (nSPS) is 38.1. The third-order valence-electron chi connectivity index (χ3n) is 11.4. The molecular formula is C33H51NO3. The largest absolute Gasteiger partial charge is 0.494 e. The molecule has 206 valence electrons. The van der Waals surface area contributed by atoms with Crippen molar-refractivity contribution in [3.8, 4) is 5.75 Å². The minimum atomic E-state index is -0.196. The Labute approximate surface area is 225 Å². The summed E-state index contributed by atoms with van der Waals surface area (Å²) in [7, 11) is 0. The van der Waals surface area contributed by atoms with Gasteiger partial charge in [-0.15, -0.1) is 0 Å². The quantitative estimate of drug-likeness (QED) is 0.379. The summed E-state index contributed by atoms with van der Waals surface area (Å²) in [4.78, 5) is 12.2. The first kappa shape index (κ1) is 27.2. The summed E-state index contributed by atoms with van der Waals surface area (Å²) < 4.78 is 6.35. The van der Waals surface area contributed by atoms with E-state index in [1.807, 2.05) is 0 Å². The topological polar surface area (TPSA) is 58.6 Å². The summed E-state index contributed by atoms with van der Waals surface area (Å²) in [6.45, 7) is 10.9. The van der Waals surface area contributed by atoms with Crippen LogP contribution in [0.15, 0.2) is 24.3 Å². The van der Waals surface area contributed by atoms with Crippen LogP contribution >= 0.6 is 0 Å². The number of aliphatic hydroxyl groups excluding tert-OH is 1. The zero-order chi connectivity index (χ0) is 26.2. The minimum absolute atomic E-state index is 0.0142. The Kier molecular flexibility index (Phi) is 8.08. The van der Waals surface area contributed by atoms with Gasteiger partial charge in [-0.3, -0.25) is 4.79 Å². The van der Waals surface area contributed by atoms with Crippen LogP contribution in [-0.4, -0.2) is 29.6 Å². The Morgan fingerprint density at radius 2 is 1.92 bits per heavy atom. The molecule has 4 aliphatic rings. The van der Waals surface area contributed by atoms with Gasteiger partial charge in [0.25, 0.3) is 0 Å². The van der Waals surface area contributed by atoms with Crippen LogP contribution in [0.1, 0.15) is 104 Å². The summed E-state index contributed by atoms with van der Waals surface area (Å²) in [5, 5.41) is 15.0. The molecule has 4 nitrogen and oxygen atoms in total. The Morgan fingerprint density at radius 3 is 2.73 bits per heavy atom. The average molecular weight is 510 g/mol. The van der Waals surface area contributed by atoms with Gasteiger partial charge in [0.05, 0.1) is 12.7 Å². The maximum atomic E-state index is 12.2. The van der Waals surface area contributed by atoms with E-state index in [-0.39, 0.29) is 11.5 Å². The Morgan fingerprint density at radius 1 is 1.08 bits per heavy atom. The highest BCUT2D eigenvalue weighted by Crippen LogP contribution is 2.66. The fourth-order valence-corrected chi connectivity index (χ4v) is 9.49. The first-order valence-corrected chi connectivity index (χ1v) is 15.4. The van der Waals surface area contributed by atoms with Crippen LogP contribution in [0, 0.1) is 40.4 Å². The van der Waals surface area contributed by atoms with Gasteiger partial charge in [0.1, 0.15) is 11.5 Å². The monoisotopic (exact) mass is 509 g/mol. The van der Waals surface area contributed by atoms with E-state index in [0.29, 0.717) is 47.5 Å². The molecule has 37 heavy (non-hydrogen) atoms. The molecule has 4 saturated carbocycles. The van der Waals surface area contributed by atoms with Crippen molar-refractivity contribution in [3.05, 3.63) is 29.8 Å². The highest BCUT2D eigenvalue weighted by atomic mass is 16.5. The molecule has 8 atom stereocenters. The van der Waals surface area contributed by atoms with Crippen molar-refractivity contribution in [2.24, 2.45) is 40.4 Å². The standard InChI is InChI=1S/C33H51NO3/c1-22(2)18-23(3)34-21-24-6-5-7-27(19-24)37-17-16-33-15-13-29-28(30(33)10-11-31(33)36)9-8-25-20-26(35)12-14-32(25,29)4/h5-7,19,22-23,25,28-31,34,36H,8-18,20-21H2,1-4H3/t23?,25?,28?,29?,30?,31-,32-,33+/m0/s1. The number of carbonyl (C=O) groups excluding carboxylic acids is 1. The molecule has 4 fully saturated rings. The fourth-order valence-electron chi connectivity index (χ4n) is 9.49. The molecule has 5 rings (SSSR count). The minimum Gasteiger partial charge on any atom is -0.494 e. The number of hydrogen-bond donors (Lipinski definition) is 2. The summed E-state index contributed by atoms with van der Waals surface area (Å²) in [6, 6.07) is 9.04. The van der Waals surface area contributed by atoms with Gasteiger partial charge in [-0.1, -0.05) is 32.9 Å². The number of carbonyl (C=O) groups is 1. The molecule has 2 N–H and O–H groups in total. The number of hydrogen-bond acceptors (Lipinski definition) is 4. The van der Waals surface area contributed by atoms with Gasteiger partial charge in [-0.2, -0.15) is 0 Å². The number of ketones is 1. The van der Waals surface area contributed by atoms with Crippen LogP contribution in [0.5, 0.6) is 5.75 Å². The van der Waals surface area contributed by atoms with Crippen molar-refractivity contribution >= 4 is 5.78 Å². The molecule has 0 bridgehead atoms. The van der Waals surface area contributed by atoms with Gasteiger partial charge in [0.15, 0.2) is 0 Å². The summed E-state index contributed by atoms with van der Waals surface area (Å²) >= 11 is 0. The third-order valence-corrected chi connectivity index (χ3v) is 11.4. The molecule has 0 amide bonds. The Hall–Kier alpha value is -1.39. The molecule has 0 spiro atoms. The van der Waals surface area contributed by atoms with E-state index in [0.717, 1.165) is 63.2 Å². The van der Waals surface area contributed by atoms with E-state index >= 15 is 0 Å². The zero-order valence-electron chi connectivity index (χ0n) is 23.8. The van der Waals surface area contributed by atoms with Crippen molar-refractivity contribution < 1.29 is 14.6 Å². The lowest BCUT2D eigenvalue weighted by Crippen LogP contribution is -2.55. The van der Waals surface area contributed by atoms with Gasteiger partial charge in [0, 0.05) is 30.8 Å². The number of benzene rings is 1. The maximum Gasteiger partial charge on any atom is 0.133 e. The van der Waals surface area contributed by atoms with Crippen LogP contribution in [0.3, 0.4) is 0 Å². The Bertz CT molecular complexity index is 945. The van der Waals surface area contributed by atoms with Crippen molar-refractivity contribution in [2.75, 3.05) is 6.61 Å². The maximum absolute atomic E-state index is 12.2. The summed E-state index contributed by atoms with van der Waals surface area (Å²) in [5.41, 5.74) is 1.61. The van der Waals surface area contributed by atoms with Crippen LogP contribution in [-0.2, 0) is 11.3 Å². The smallest absolute Gasteiger partial charge is 0.133 e. The highest BCUT2D eigenvalue weighted by Gasteiger charge is 2.61. The lowest BCUT2D eigenvalue weighted by atomic mass is 9.44. The van der Waals surface area contributed by atoms with Crippen LogP contribution < -0.4 is 10.1 Å². The van der Waals surface area contributed by atoms with Crippen molar-refractivity contribution in [1.29, 1.82) is 0 Å². The number of nitrogens with one attached hydrogen (secondary N) is 1. The van der Waals surface area contributed by atoms with Gasteiger partial charge in [-0.05, 0) is 117 Å².